The molecular weight excluding hydrogens is 393 g/mol. The third kappa shape index (κ3) is 4.05. The summed E-state index contributed by atoms with van der Waals surface area (Å²) >= 11 is 2.94. The number of carbonyl (C=O) groups excluding carboxylic acids is 1. The summed E-state index contributed by atoms with van der Waals surface area (Å²) in [4.78, 5) is 23.0. The lowest BCUT2D eigenvalue weighted by Gasteiger charge is -2.08. The first-order valence-electron chi connectivity index (χ1n) is 8.59. The molecule has 0 radical (unpaired) electrons. The highest BCUT2D eigenvalue weighted by Gasteiger charge is 2.13. The standard InChI is InChI=1S/C21H16FN3OS2/c1-13-7-8-15(22)9-17(13)25-19(26)11-27-20-16-10-18(14-5-3-2-4-6-14)28-21(16)24-12-23-20/h2-10,12H,11H2,1H3,(H,25,26). The van der Waals surface area contributed by atoms with Crippen LogP contribution in [-0.2, 0) is 4.79 Å². The van der Waals surface area contributed by atoms with Crippen molar-refractivity contribution in [2.45, 2.75) is 11.9 Å². The molecule has 140 valence electrons. The van der Waals surface area contributed by atoms with Gasteiger partial charge in [-0.2, -0.15) is 0 Å². The molecule has 2 heterocycles. The number of nitrogens with zero attached hydrogens (tertiary/aromatic N) is 2. The van der Waals surface area contributed by atoms with E-state index < -0.39 is 0 Å². The molecule has 0 unspecified atom stereocenters. The maximum absolute atomic E-state index is 13.4. The number of hydrogen-bond donors (Lipinski definition) is 1. The molecule has 2 aromatic carbocycles. The Morgan fingerprint density at radius 1 is 1.14 bits per heavy atom. The number of aromatic nitrogens is 2. The van der Waals surface area contributed by atoms with Crippen LogP contribution in [-0.4, -0.2) is 21.6 Å². The number of aryl methyl sites for hydroxylation is 1. The van der Waals surface area contributed by atoms with Crippen molar-refractivity contribution in [3.63, 3.8) is 0 Å². The van der Waals surface area contributed by atoms with Crippen molar-refractivity contribution in [1.82, 2.24) is 9.97 Å². The van der Waals surface area contributed by atoms with E-state index in [2.05, 4.69) is 33.5 Å². The van der Waals surface area contributed by atoms with Gasteiger partial charge >= 0.3 is 0 Å². The topological polar surface area (TPSA) is 54.9 Å². The van der Waals surface area contributed by atoms with E-state index in [1.807, 2.05) is 25.1 Å². The number of hydrogen-bond acceptors (Lipinski definition) is 5. The van der Waals surface area contributed by atoms with Crippen molar-refractivity contribution < 1.29 is 9.18 Å². The van der Waals surface area contributed by atoms with Gasteiger partial charge in [-0.25, -0.2) is 14.4 Å². The Hall–Kier alpha value is -2.77. The number of thiophene rings is 1. The number of halogens is 1. The third-order valence-corrected chi connectivity index (χ3v) is 6.26. The molecule has 2 aromatic heterocycles. The van der Waals surface area contributed by atoms with Gasteiger partial charge in [-0.15, -0.1) is 11.3 Å². The van der Waals surface area contributed by atoms with E-state index in [0.717, 1.165) is 31.2 Å². The second-order valence-corrected chi connectivity index (χ2v) is 8.17. The Balaban J connectivity index is 1.51. The van der Waals surface area contributed by atoms with Crippen LogP contribution in [0.25, 0.3) is 20.7 Å². The molecule has 0 aliphatic rings. The predicted molar refractivity (Wildman–Crippen MR) is 113 cm³/mol. The summed E-state index contributed by atoms with van der Waals surface area (Å²) in [6.07, 6.45) is 1.52. The molecule has 0 aliphatic carbocycles. The molecule has 0 atom stereocenters. The molecule has 0 bridgehead atoms. The van der Waals surface area contributed by atoms with Gasteiger partial charge in [0.15, 0.2) is 0 Å². The Labute approximate surface area is 169 Å². The van der Waals surface area contributed by atoms with Gasteiger partial charge in [0.05, 0.1) is 5.75 Å². The first-order chi connectivity index (χ1) is 13.6. The van der Waals surface area contributed by atoms with Gasteiger partial charge < -0.3 is 5.32 Å². The van der Waals surface area contributed by atoms with Gasteiger partial charge in [0.1, 0.15) is 22.0 Å². The molecule has 4 rings (SSSR count). The van der Waals surface area contributed by atoms with E-state index in [9.17, 15) is 9.18 Å². The fourth-order valence-corrected chi connectivity index (χ4v) is 4.58. The number of amides is 1. The lowest BCUT2D eigenvalue weighted by Crippen LogP contribution is -2.15. The largest absolute Gasteiger partial charge is 0.325 e. The van der Waals surface area contributed by atoms with E-state index in [1.54, 1.807) is 17.4 Å². The minimum absolute atomic E-state index is 0.179. The van der Waals surface area contributed by atoms with E-state index in [4.69, 9.17) is 0 Å². The Morgan fingerprint density at radius 3 is 2.79 bits per heavy atom. The average Bonchev–Trinajstić information content (AvgIpc) is 3.15. The van der Waals surface area contributed by atoms with E-state index in [0.29, 0.717) is 5.69 Å². The minimum Gasteiger partial charge on any atom is -0.325 e. The quantitative estimate of drug-likeness (QED) is 0.347. The number of carbonyl (C=O) groups is 1. The van der Waals surface area contributed by atoms with Crippen molar-refractivity contribution >= 4 is 44.9 Å². The maximum atomic E-state index is 13.4. The molecule has 4 nitrogen and oxygen atoms in total. The monoisotopic (exact) mass is 409 g/mol. The normalized spacial score (nSPS) is 10.9. The minimum atomic E-state index is -0.377. The smallest absolute Gasteiger partial charge is 0.234 e. The van der Waals surface area contributed by atoms with Crippen molar-refractivity contribution in [3.8, 4) is 10.4 Å². The van der Waals surface area contributed by atoms with Crippen molar-refractivity contribution in [2.24, 2.45) is 0 Å². The van der Waals surface area contributed by atoms with Crippen LogP contribution in [0.15, 0.2) is 66.0 Å². The molecular formula is C21H16FN3OS2. The summed E-state index contributed by atoms with van der Waals surface area (Å²) < 4.78 is 13.4. The zero-order valence-electron chi connectivity index (χ0n) is 15.0. The molecule has 1 N–H and O–H groups in total. The summed E-state index contributed by atoms with van der Waals surface area (Å²) in [5.74, 6) is -0.403. The van der Waals surface area contributed by atoms with Crippen molar-refractivity contribution in [1.29, 1.82) is 0 Å². The van der Waals surface area contributed by atoms with Gasteiger partial charge in [0.2, 0.25) is 5.91 Å². The Bertz CT molecular complexity index is 1150. The highest BCUT2D eigenvalue weighted by Crippen LogP contribution is 2.36. The molecule has 0 saturated heterocycles. The summed E-state index contributed by atoms with van der Waals surface area (Å²) in [5, 5.41) is 4.45. The van der Waals surface area contributed by atoms with E-state index >= 15 is 0 Å². The second kappa shape index (κ2) is 8.08. The van der Waals surface area contributed by atoms with Crippen LogP contribution in [0.2, 0.25) is 0 Å². The Morgan fingerprint density at radius 2 is 1.96 bits per heavy atom. The lowest BCUT2D eigenvalue weighted by molar-refractivity contribution is -0.113. The first kappa shape index (κ1) is 18.6. The number of rotatable bonds is 5. The number of anilines is 1. The molecule has 0 aliphatic heterocycles. The van der Waals surface area contributed by atoms with Crippen LogP contribution in [0.5, 0.6) is 0 Å². The van der Waals surface area contributed by atoms with Crippen LogP contribution in [0.3, 0.4) is 0 Å². The summed E-state index contributed by atoms with van der Waals surface area (Å²) in [5.41, 5.74) is 2.43. The number of thioether (sulfide) groups is 1. The van der Waals surface area contributed by atoms with E-state index in [-0.39, 0.29) is 17.5 Å². The zero-order chi connectivity index (χ0) is 19.5. The van der Waals surface area contributed by atoms with Crippen LogP contribution in [0.4, 0.5) is 10.1 Å². The van der Waals surface area contributed by atoms with Crippen LogP contribution in [0, 0.1) is 12.7 Å². The van der Waals surface area contributed by atoms with Crippen LogP contribution in [0.1, 0.15) is 5.56 Å². The predicted octanol–water partition coefficient (Wildman–Crippen LogP) is 5.54. The molecule has 28 heavy (non-hydrogen) atoms. The van der Waals surface area contributed by atoms with Crippen LogP contribution < -0.4 is 5.32 Å². The second-order valence-electron chi connectivity index (χ2n) is 6.17. The first-order valence-corrected chi connectivity index (χ1v) is 10.4. The number of benzene rings is 2. The zero-order valence-corrected chi connectivity index (χ0v) is 16.6. The van der Waals surface area contributed by atoms with Gasteiger partial charge in [0.25, 0.3) is 0 Å². The molecule has 1 amide bonds. The van der Waals surface area contributed by atoms with E-state index in [1.165, 1.54) is 30.2 Å². The number of nitrogens with one attached hydrogen (secondary N) is 1. The summed E-state index contributed by atoms with van der Waals surface area (Å²) in [6, 6.07) is 16.5. The van der Waals surface area contributed by atoms with Gasteiger partial charge in [0, 0.05) is 16.0 Å². The number of fused-ring (bicyclic) bond motifs is 1. The summed E-state index contributed by atoms with van der Waals surface area (Å²) in [6.45, 7) is 1.83. The molecule has 4 aromatic rings. The SMILES string of the molecule is Cc1ccc(F)cc1NC(=O)CSc1ncnc2sc(-c3ccccc3)cc12. The average molecular weight is 410 g/mol. The third-order valence-electron chi connectivity index (χ3n) is 4.16. The summed E-state index contributed by atoms with van der Waals surface area (Å²) in [7, 11) is 0. The van der Waals surface area contributed by atoms with Crippen LogP contribution >= 0.6 is 23.1 Å². The maximum Gasteiger partial charge on any atom is 0.234 e. The molecule has 0 spiro atoms. The van der Waals surface area contributed by atoms with Gasteiger partial charge in [-0.05, 0) is 36.2 Å². The van der Waals surface area contributed by atoms with Gasteiger partial charge in [-0.3, -0.25) is 4.79 Å². The Kier molecular flexibility index (Phi) is 5.36. The molecule has 0 saturated carbocycles. The fraction of sp³-hybridized carbons (Fsp3) is 0.0952. The highest BCUT2D eigenvalue weighted by molar-refractivity contribution is 8.00. The lowest BCUT2D eigenvalue weighted by atomic mass is 10.2. The van der Waals surface area contributed by atoms with Crippen molar-refractivity contribution in [2.75, 3.05) is 11.1 Å². The molecule has 7 heteroatoms. The van der Waals surface area contributed by atoms with Crippen molar-refractivity contribution in [3.05, 3.63) is 72.3 Å². The fourth-order valence-electron chi connectivity index (χ4n) is 2.74. The van der Waals surface area contributed by atoms with Gasteiger partial charge in [-0.1, -0.05) is 48.2 Å². The molecule has 0 fully saturated rings. The highest BCUT2D eigenvalue weighted by atomic mass is 32.2.